The summed E-state index contributed by atoms with van der Waals surface area (Å²) in [4.78, 5) is 19.7. The summed E-state index contributed by atoms with van der Waals surface area (Å²) in [6.45, 7) is 7.33. The van der Waals surface area contributed by atoms with E-state index in [2.05, 4.69) is 42.2 Å². The van der Waals surface area contributed by atoms with Crippen molar-refractivity contribution in [3.05, 3.63) is 58.4 Å². The Kier molecular flexibility index (Phi) is 3.79. The van der Waals surface area contributed by atoms with E-state index in [1.165, 1.54) is 11.1 Å². The summed E-state index contributed by atoms with van der Waals surface area (Å²) < 4.78 is 5.34. The van der Waals surface area contributed by atoms with Crippen molar-refractivity contribution in [3.63, 3.8) is 0 Å². The van der Waals surface area contributed by atoms with E-state index in [-0.39, 0.29) is 11.8 Å². The minimum atomic E-state index is 0.0232. The molecule has 0 unspecified atom stereocenters. The number of benzene rings is 1. The highest BCUT2D eigenvalue weighted by Crippen LogP contribution is 2.28. The van der Waals surface area contributed by atoms with Crippen molar-refractivity contribution in [1.29, 1.82) is 0 Å². The largest absolute Gasteiger partial charge is 0.336 e. The summed E-state index contributed by atoms with van der Waals surface area (Å²) in [7, 11) is 0. The molecule has 2 aromatic heterocycles. The second-order valence-electron chi connectivity index (χ2n) is 6.94. The van der Waals surface area contributed by atoms with Crippen LogP contribution in [-0.2, 0) is 13.0 Å². The normalized spacial score (nSPS) is 14.2. The van der Waals surface area contributed by atoms with Gasteiger partial charge in [0, 0.05) is 18.8 Å². The Morgan fingerprint density at radius 1 is 1.24 bits per heavy atom. The monoisotopic (exact) mass is 335 g/mol. The molecule has 0 spiro atoms. The lowest BCUT2D eigenvalue weighted by Crippen LogP contribution is -2.36. The van der Waals surface area contributed by atoms with Gasteiger partial charge >= 0.3 is 0 Å². The number of rotatable bonds is 2. The number of hydrogen-bond acceptors (Lipinski definition) is 4. The molecule has 3 heterocycles. The second kappa shape index (κ2) is 5.99. The predicted octanol–water partition coefficient (Wildman–Crippen LogP) is 3.85. The zero-order valence-corrected chi connectivity index (χ0v) is 14.7. The zero-order valence-electron chi connectivity index (χ0n) is 14.7. The number of pyridine rings is 1. The van der Waals surface area contributed by atoms with Gasteiger partial charge in [0.05, 0.1) is 16.6 Å². The molecule has 128 valence electrons. The maximum absolute atomic E-state index is 13.3. The second-order valence-corrected chi connectivity index (χ2v) is 6.94. The Morgan fingerprint density at radius 3 is 2.76 bits per heavy atom. The van der Waals surface area contributed by atoms with Gasteiger partial charge in [-0.25, -0.2) is 4.98 Å². The van der Waals surface area contributed by atoms with Crippen molar-refractivity contribution in [2.75, 3.05) is 6.54 Å². The number of carbonyl (C=O) groups is 1. The van der Waals surface area contributed by atoms with Crippen LogP contribution in [0, 0.1) is 6.92 Å². The van der Waals surface area contributed by atoms with Crippen LogP contribution in [0.3, 0.4) is 0 Å². The topological polar surface area (TPSA) is 59.2 Å². The van der Waals surface area contributed by atoms with Crippen molar-refractivity contribution < 1.29 is 9.32 Å². The molecule has 0 N–H and O–H groups in total. The molecule has 0 bridgehead atoms. The van der Waals surface area contributed by atoms with E-state index in [1.807, 2.05) is 24.0 Å². The Labute approximate surface area is 146 Å². The van der Waals surface area contributed by atoms with Crippen LogP contribution in [0.25, 0.3) is 11.1 Å². The standard InChI is InChI=1S/C20H21N3O2/c1-12(2)17-10-16(18-13(3)22-25-19(18)21-17)20(24)23-9-8-14-6-4-5-7-15(14)11-23/h4-7,10,12H,8-9,11H2,1-3H3. The minimum Gasteiger partial charge on any atom is -0.336 e. The fourth-order valence-corrected chi connectivity index (χ4v) is 3.42. The van der Waals surface area contributed by atoms with Gasteiger partial charge in [-0.3, -0.25) is 4.79 Å². The van der Waals surface area contributed by atoms with Gasteiger partial charge in [0.1, 0.15) is 0 Å². The summed E-state index contributed by atoms with van der Waals surface area (Å²) in [5, 5.41) is 4.74. The third kappa shape index (κ3) is 2.69. The van der Waals surface area contributed by atoms with Gasteiger partial charge in [-0.2, -0.15) is 0 Å². The van der Waals surface area contributed by atoms with Gasteiger partial charge in [-0.1, -0.05) is 43.3 Å². The molecule has 0 saturated heterocycles. The molecule has 0 aliphatic carbocycles. The van der Waals surface area contributed by atoms with Crippen molar-refractivity contribution in [1.82, 2.24) is 15.0 Å². The Bertz CT molecular complexity index is 959. The lowest BCUT2D eigenvalue weighted by molar-refractivity contribution is 0.0736. The summed E-state index contributed by atoms with van der Waals surface area (Å²) in [6.07, 6.45) is 0.885. The van der Waals surface area contributed by atoms with Crippen molar-refractivity contribution in [3.8, 4) is 0 Å². The molecule has 0 atom stereocenters. The molecular formula is C20H21N3O2. The molecule has 5 heteroatoms. The van der Waals surface area contributed by atoms with Crippen molar-refractivity contribution in [2.24, 2.45) is 0 Å². The molecule has 1 aliphatic heterocycles. The van der Waals surface area contributed by atoms with E-state index in [0.717, 1.165) is 24.0 Å². The predicted molar refractivity (Wildman–Crippen MR) is 95.5 cm³/mol. The minimum absolute atomic E-state index is 0.0232. The first-order chi connectivity index (χ1) is 12.0. The highest BCUT2D eigenvalue weighted by molar-refractivity contribution is 6.06. The fraction of sp³-hybridized carbons (Fsp3) is 0.350. The highest BCUT2D eigenvalue weighted by atomic mass is 16.5. The lowest BCUT2D eigenvalue weighted by atomic mass is 9.98. The summed E-state index contributed by atoms with van der Waals surface area (Å²) in [6, 6.07) is 10.2. The molecule has 4 rings (SSSR count). The van der Waals surface area contributed by atoms with E-state index in [1.54, 1.807) is 0 Å². The maximum atomic E-state index is 13.3. The van der Waals surface area contributed by atoms with Gasteiger partial charge in [0.15, 0.2) is 0 Å². The van der Waals surface area contributed by atoms with Gasteiger partial charge in [0.2, 0.25) is 0 Å². The van der Waals surface area contributed by atoms with Crippen LogP contribution in [0.4, 0.5) is 0 Å². The molecule has 0 fully saturated rings. The first-order valence-corrected chi connectivity index (χ1v) is 8.67. The van der Waals surface area contributed by atoms with Crippen LogP contribution < -0.4 is 0 Å². The summed E-state index contributed by atoms with van der Waals surface area (Å²) in [5.41, 5.74) is 5.20. The molecule has 3 aromatic rings. The number of nitrogens with zero attached hydrogens (tertiary/aromatic N) is 3. The molecule has 0 radical (unpaired) electrons. The smallest absolute Gasteiger partial charge is 0.259 e. The van der Waals surface area contributed by atoms with Crippen LogP contribution in [-0.4, -0.2) is 27.5 Å². The number of aryl methyl sites for hydroxylation is 1. The van der Waals surface area contributed by atoms with Gasteiger partial charge in [0.25, 0.3) is 11.6 Å². The van der Waals surface area contributed by atoms with E-state index in [9.17, 15) is 4.79 Å². The van der Waals surface area contributed by atoms with Crippen molar-refractivity contribution in [2.45, 2.75) is 39.7 Å². The van der Waals surface area contributed by atoms with Crippen LogP contribution >= 0.6 is 0 Å². The first-order valence-electron chi connectivity index (χ1n) is 8.67. The van der Waals surface area contributed by atoms with E-state index < -0.39 is 0 Å². The van der Waals surface area contributed by atoms with Crippen LogP contribution in [0.5, 0.6) is 0 Å². The summed E-state index contributed by atoms with van der Waals surface area (Å²) in [5.74, 6) is 0.235. The van der Waals surface area contributed by atoms with Gasteiger partial charge in [-0.05, 0) is 36.5 Å². The molecule has 1 amide bonds. The fourth-order valence-electron chi connectivity index (χ4n) is 3.42. The number of aromatic nitrogens is 2. The third-order valence-electron chi connectivity index (χ3n) is 4.88. The highest BCUT2D eigenvalue weighted by Gasteiger charge is 2.26. The molecule has 1 aliphatic rings. The van der Waals surface area contributed by atoms with Gasteiger partial charge < -0.3 is 9.42 Å². The zero-order chi connectivity index (χ0) is 17.6. The van der Waals surface area contributed by atoms with Crippen molar-refractivity contribution >= 4 is 17.0 Å². The molecule has 25 heavy (non-hydrogen) atoms. The van der Waals surface area contributed by atoms with Gasteiger partial charge in [-0.15, -0.1) is 0 Å². The average molecular weight is 335 g/mol. The number of carbonyl (C=O) groups excluding carboxylic acids is 1. The Hall–Kier alpha value is -2.69. The van der Waals surface area contributed by atoms with E-state index >= 15 is 0 Å². The molecular weight excluding hydrogens is 314 g/mol. The number of hydrogen-bond donors (Lipinski definition) is 0. The quantitative estimate of drug-likeness (QED) is 0.714. The number of amides is 1. The van der Waals surface area contributed by atoms with Crippen LogP contribution in [0.2, 0.25) is 0 Å². The Balaban J connectivity index is 1.76. The molecule has 5 nitrogen and oxygen atoms in total. The molecule has 1 aromatic carbocycles. The average Bonchev–Trinajstić information content (AvgIpc) is 3.01. The summed E-state index contributed by atoms with van der Waals surface area (Å²) >= 11 is 0. The van der Waals surface area contributed by atoms with Crippen LogP contribution in [0.15, 0.2) is 34.9 Å². The number of fused-ring (bicyclic) bond motifs is 2. The van der Waals surface area contributed by atoms with Crippen LogP contribution in [0.1, 0.15) is 52.6 Å². The third-order valence-corrected chi connectivity index (χ3v) is 4.88. The Morgan fingerprint density at radius 2 is 2.00 bits per heavy atom. The van der Waals surface area contributed by atoms with E-state index in [4.69, 9.17) is 4.52 Å². The maximum Gasteiger partial charge on any atom is 0.259 e. The first kappa shape index (κ1) is 15.8. The molecule has 0 saturated carbocycles. The van der Waals surface area contributed by atoms with E-state index in [0.29, 0.717) is 23.5 Å². The lowest BCUT2D eigenvalue weighted by Gasteiger charge is -2.29. The SMILES string of the molecule is Cc1noc2nc(C(C)C)cc(C(=O)N3CCc4ccccc4C3)c12.